The standard InChI is InChI=1S/C12H14Cl3NO3S/c13-10-7-9(20(15,17)18)8-11(14)12(10)19-6-5-16-3-1-2-4-16/h7-8H,1-6H2. The molecule has 0 bridgehead atoms. The lowest BCUT2D eigenvalue weighted by Gasteiger charge is -2.16. The molecule has 0 spiro atoms. The number of halogens is 3. The van der Waals surface area contributed by atoms with Crippen LogP contribution in [-0.4, -0.2) is 39.6 Å². The molecule has 1 aromatic carbocycles. The summed E-state index contributed by atoms with van der Waals surface area (Å²) in [4.78, 5) is 2.15. The Morgan fingerprint density at radius 2 is 1.70 bits per heavy atom. The molecule has 20 heavy (non-hydrogen) atoms. The van der Waals surface area contributed by atoms with Gasteiger partial charge < -0.3 is 4.74 Å². The number of benzene rings is 1. The second kappa shape index (κ2) is 6.71. The van der Waals surface area contributed by atoms with Crippen LogP contribution in [0.5, 0.6) is 5.75 Å². The van der Waals surface area contributed by atoms with Crippen LogP contribution in [0.3, 0.4) is 0 Å². The number of hydrogen-bond donors (Lipinski definition) is 0. The maximum atomic E-state index is 11.2. The molecule has 1 saturated heterocycles. The molecule has 4 nitrogen and oxygen atoms in total. The molecule has 0 atom stereocenters. The highest BCUT2D eigenvalue weighted by atomic mass is 35.7. The van der Waals surface area contributed by atoms with Gasteiger partial charge in [-0.25, -0.2) is 8.42 Å². The van der Waals surface area contributed by atoms with Gasteiger partial charge >= 0.3 is 0 Å². The van der Waals surface area contributed by atoms with Crippen LogP contribution in [0.25, 0.3) is 0 Å². The lowest BCUT2D eigenvalue weighted by atomic mass is 10.3. The van der Waals surface area contributed by atoms with Crippen LogP contribution in [-0.2, 0) is 9.05 Å². The van der Waals surface area contributed by atoms with Crippen molar-refractivity contribution in [1.29, 1.82) is 0 Å². The Balaban J connectivity index is 2.04. The fourth-order valence-electron chi connectivity index (χ4n) is 2.10. The van der Waals surface area contributed by atoms with Gasteiger partial charge in [0.25, 0.3) is 9.05 Å². The Kier molecular flexibility index (Phi) is 5.42. The molecule has 2 rings (SSSR count). The summed E-state index contributed by atoms with van der Waals surface area (Å²) in [5, 5.41) is 0.274. The zero-order valence-electron chi connectivity index (χ0n) is 10.6. The predicted molar refractivity (Wildman–Crippen MR) is 80.7 cm³/mol. The van der Waals surface area contributed by atoms with Crippen molar-refractivity contribution >= 4 is 42.9 Å². The first-order chi connectivity index (χ1) is 9.38. The van der Waals surface area contributed by atoms with Crippen LogP contribution in [0.2, 0.25) is 10.0 Å². The SMILES string of the molecule is O=S(=O)(Cl)c1cc(Cl)c(OCCN2CCCC2)c(Cl)c1. The summed E-state index contributed by atoms with van der Waals surface area (Å²) in [5.74, 6) is 0.289. The van der Waals surface area contributed by atoms with E-state index >= 15 is 0 Å². The fraction of sp³-hybridized carbons (Fsp3) is 0.500. The molecule has 0 aromatic heterocycles. The van der Waals surface area contributed by atoms with Crippen molar-refractivity contribution in [1.82, 2.24) is 4.90 Å². The highest BCUT2D eigenvalue weighted by Gasteiger charge is 2.17. The lowest BCUT2D eigenvalue weighted by molar-refractivity contribution is 0.238. The van der Waals surface area contributed by atoms with E-state index in [2.05, 4.69) is 4.90 Å². The summed E-state index contributed by atoms with van der Waals surface area (Å²) in [7, 11) is 1.39. The number of nitrogens with zero attached hydrogens (tertiary/aromatic N) is 1. The Hall–Kier alpha value is -0.200. The number of ether oxygens (including phenoxy) is 1. The summed E-state index contributed by atoms with van der Waals surface area (Å²) in [5.41, 5.74) is 0. The van der Waals surface area contributed by atoms with Crippen molar-refractivity contribution in [3.8, 4) is 5.75 Å². The van der Waals surface area contributed by atoms with Crippen molar-refractivity contribution in [2.45, 2.75) is 17.7 Å². The summed E-state index contributed by atoms with van der Waals surface area (Å²) < 4.78 is 28.0. The van der Waals surface area contributed by atoms with Crippen LogP contribution in [0.1, 0.15) is 12.8 Å². The fourth-order valence-corrected chi connectivity index (χ4v) is 3.61. The Labute approximate surface area is 133 Å². The van der Waals surface area contributed by atoms with Gasteiger partial charge in [-0.15, -0.1) is 0 Å². The maximum absolute atomic E-state index is 11.2. The van der Waals surface area contributed by atoms with E-state index in [1.165, 1.54) is 25.0 Å². The molecule has 0 amide bonds. The summed E-state index contributed by atoms with van der Waals surface area (Å²) in [6.45, 7) is 3.40. The second-order valence-electron chi connectivity index (χ2n) is 4.55. The van der Waals surface area contributed by atoms with E-state index in [1.54, 1.807) is 0 Å². The summed E-state index contributed by atoms with van der Waals surface area (Å²) in [6.07, 6.45) is 2.42. The average molecular weight is 359 g/mol. The second-order valence-corrected chi connectivity index (χ2v) is 7.93. The van der Waals surface area contributed by atoms with Gasteiger partial charge in [0.15, 0.2) is 5.75 Å². The van der Waals surface area contributed by atoms with Gasteiger partial charge in [0, 0.05) is 17.2 Å². The molecular formula is C12H14Cl3NO3S. The van der Waals surface area contributed by atoms with Gasteiger partial charge in [-0.2, -0.15) is 0 Å². The molecule has 0 saturated carbocycles. The normalized spacial score (nSPS) is 16.6. The first kappa shape index (κ1) is 16.2. The molecule has 0 radical (unpaired) electrons. The van der Waals surface area contributed by atoms with E-state index in [0.717, 1.165) is 19.6 Å². The Morgan fingerprint density at radius 3 is 2.20 bits per heavy atom. The van der Waals surface area contributed by atoms with Crippen LogP contribution in [0.4, 0.5) is 0 Å². The van der Waals surface area contributed by atoms with Gasteiger partial charge in [-0.1, -0.05) is 23.2 Å². The van der Waals surface area contributed by atoms with Gasteiger partial charge in [0.05, 0.1) is 14.9 Å². The quantitative estimate of drug-likeness (QED) is 0.757. The van der Waals surface area contributed by atoms with Crippen LogP contribution >= 0.6 is 33.9 Å². The molecule has 0 unspecified atom stereocenters. The third-order valence-electron chi connectivity index (χ3n) is 3.11. The third kappa shape index (κ3) is 4.15. The van der Waals surface area contributed by atoms with Gasteiger partial charge in [-0.3, -0.25) is 4.90 Å². The molecular weight excluding hydrogens is 345 g/mol. The molecule has 1 aliphatic heterocycles. The van der Waals surface area contributed by atoms with Crippen LogP contribution < -0.4 is 4.74 Å². The monoisotopic (exact) mass is 357 g/mol. The van der Waals surface area contributed by atoms with E-state index in [-0.39, 0.29) is 20.7 Å². The molecule has 1 aliphatic rings. The van der Waals surface area contributed by atoms with E-state index in [4.69, 9.17) is 38.6 Å². The molecule has 8 heteroatoms. The minimum absolute atomic E-state index is 0.137. The van der Waals surface area contributed by atoms with E-state index in [1.807, 2.05) is 0 Å². The average Bonchev–Trinajstić information content (AvgIpc) is 2.84. The Bertz CT molecular complexity index is 563. The van der Waals surface area contributed by atoms with E-state index in [0.29, 0.717) is 6.61 Å². The highest BCUT2D eigenvalue weighted by Crippen LogP contribution is 2.36. The van der Waals surface area contributed by atoms with Crippen molar-refractivity contribution in [2.75, 3.05) is 26.2 Å². The molecule has 1 aromatic rings. The summed E-state index contributed by atoms with van der Waals surface area (Å²) in [6, 6.07) is 2.47. The molecule has 0 aliphatic carbocycles. The number of rotatable bonds is 5. The van der Waals surface area contributed by atoms with Crippen molar-refractivity contribution in [2.24, 2.45) is 0 Å². The molecule has 1 fully saturated rings. The van der Waals surface area contributed by atoms with Crippen LogP contribution in [0, 0.1) is 0 Å². The van der Waals surface area contributed by atoms with Gasteiger partial charge in [0.2, 0.25) is 0 Å². The first-order valence-electron chi connectivity index (χ1n) is 6.17. The van der Waals surface area contributed by atoms with Gasteiger partial charge in [-0.05, 0) is 38.1 Å². The van der Waals surface area contributed by atoms with Crippen molar-refractivity contribution in [3.63, 3.8) is 0 Å². The van der Waals surface area contributed by atoms with E-state index < -0.39 is 9.05 Å². The predicted octanol–water partition coefficient (Wildman–Crippen LogP) is 3.40. The van der Waals surface area contributed by atoms with Crippen LogP contribution in [0.15, 0.2) is 17.0 Å². The highest BCUT2D eigenvalue weighted by molar-refractivity contribution is 8.13. The van der Waals surface area contributed by atoms with Gasteiger partial charge in [0.1, 0.15) is 6.61 Å². The molecule has 112 valence electrons. The zero-order chi connectivity index (χ0) is 14.8. The van der Waals surface area contributed by atoms with Crippen molar-refractivity contribution in [3.05, 3.63) is 22.2 Å². The third-order valence-corrected chi connectivity index (χ3v) is 5.00. The molecule has 1 heterocycles. The minimum atomic E-state index is -3.86. The largest absolute Gasteiger partial charge is 0.489 e. The Morgan fingerprint density at radius 1 is 1.15 bits per heavy atom. The topological polar surface area (TPSA) is 46.6 Å². The first-order valence-corrected chi connectivity index (χ1v) is 9.23. The summed E-state index contributed by atoms with van der Waals surface area (Å²) >= 11 is 12.0. The lowest BCUT2D eigenvalue weighted by Crippen LogP contribution is -2.25. The van der Waals surface area contributed by atoms with E-state index in [9.17, 15) is 8.42 Å². The molecule has 0 N–H and O–H groups in total. The smallest absolute Gasteiger partial charge is 0.261 e. The zero-order valence-corrected chi connectivity index (χ0v) is 13.7. The maximum Gasteiger partial charge on any atom is 0.261 e. The minimum Gasteiger partial charge on any atom is -0.489 e. The van der Waals surface area contributed by atoms with Crippen molar-refractivity contribution < 1.29 is 13.2 Å². The number of likely N-dealkylation sites (tertiary alicyclic amines) is 1. The number of hydrogen-bond acceptors (Lipinski definition) is 4.